The molecule has 0 aliphatic heterocycles. The van der Waals surface area contributed by atoms with Crippen LogP contribution in [0.1, 0.15) is 51.4 Å². The molecule has 0 aliphatic rings. The highest BCUT2D eigenvalue weighted by Gasteiger charge is 1.90. The molecule has 0 rings (SSSR count). The lowest BCUT2D eigenvalue weighted by Gasteiger charge is -1.97. The molecule has 0 fully saturated rings. The zero-order valence-corrected chi connectivity index (χ0v) is 10.3. The summed E-state index contributed by atoms with van der Waals surface area (Å²) in [5.41, 5.74) is 0. The number of aliphatic carboxylic acids is 1. The minimum Gasteiger partial charge on any atom is -0.478 e. The Bertz CT molecular complexity index is 287. The maximum absolute atomic E-state index is 10.1. The Labute approximate surface area is 103 Å². The lowest BCUT2D eigenvalue weighted by atomic mass is 10.1. The van der Waals surface area contributed by atoms with Crippen LogP contribution in [0.3, 0.4) is 0 Å². The van der Waals surface area contributed by atoms with Crippen molar-refractivity contribution < 1.29 is 9.90 Å². The molecule has 0 saturated carbocycles. The molecule has 3 heteroatoms. The first-order valence-corrected chi connectivity index (χ1v) is 6.20. The molecule has 0 aliphatic carbocycles. The quantitative estimate of drug-likeness (QED) is 0.355. The van der Waals surface area contributed by atoms with E-state index in [9.17, 15) is 4.79 Å². The van der Waals surface area contributed by atoms with E-state index in [1.807, 2.05) is 6.08 Å². The smallest absolute Gasteiger partial charge is 0.328 e. The van der Waals surface area contributed by atoms with Gasteiger partial charge in [-0.05, 0) is 19.3 Å². The first-order chi connectivity index (χ1) is 8.27. The Kier molecular flexibility index (Phi) is 11.4. The highest BCUT2D eigenvalue weighted by molar-refractivity contribution is 5.80. The minimum absolute atomic E-state index is 0.679. The van der Waals surface area contributed by atoms with E-state index in [-0.39, 0.29) is 0 Å². The molecule has 3 nitrogen and oxygen atoms in total. The summed E-state index contributed by atoms with van der Waals surface area (Å²) >= 11 is 0. The number of hydrogen-bond acceptors (Lipinski definition) is 2. The number of hydrogen-bond donors (Lipinski definition) is 1. The fourth-order valence-electron chi connectivity index (χ4n) is 1.49. The van der Waals surface area contributed by atoms with Gasteiger partial charge in [-0.15, -0.1) is 0 Å². The lowest BCUT2D eigenvalue weighted by Crippen LogP contribution is -1.84. The van der Waals surface area contributed by atoms with E-state index >= 15 is 0 Å². The van der Waals surface area contributed by atoms with Gasteiger partial charge in [0.1, 0.15) is 0 Å². The normalized spacial score (nSPS) is 11.0. The van der Waals surface area contributed by atoms with Crippen LogP contribution in [0.15, 0.2) is 24.3 Å². The molecular weight excluding hydrogens is 214 g/mol. The maximum Gasteiger partial charge on any atom is 0.328 e. The molecule has 1 N–H and O–H groups in total. The van der Waals surface area contributed by atoms with Crippen LogP contribution in [-0.2, 0) is 4.79 Å². The summed E-state index contributed by atoms with van der Waals surface area (Å²) in [6.07, 6.45) is 15.1. The third-order valence-electron chi connectivity index (χ3n) is 2.40. The maximum atomic E-state index is 10.1. The van der Waals surface area contributed by atoms with Crippen molar-refractivity contribution in [2.75, 3.05) is 0 Å². The summed E-state index contributed by atoms with van der Waals surface area (Å²) in [7, 11) is 0. The molecule has 0 radical (unpaired) electrons. The van der Waals surface area contributed by atoms with E-state index in [1.165, 1.54) is 19.3 Å². The van der Waals surface area contributed by atoms with Gasteiger partial charge in [-0.1, -0.05) is 43.9 Å². The van der Waals surface area contributed by atoms with E-state index in [4.69, 9.17) is 10.4 Å². The van der Waals surface area contributed by atoms with Crippen LogP contribution < -0.4 is 0 Å². The number of rotatable bonds is 10. The van der Waals surface area contributed by atoms with Crippen LogP contribution in [-0.4, -0.2) is 11.1 Å². The summed E-state index contributed by atoms with van der Waals surface area (Å²) in [6.45, 7) is 0. The van der Waals surface area contributed by atoms with Crippen LogP contribution >= 0.6 is 0 Å². The fourth-order valence-corrected chi connectivity index (χ4v) is 1.49. The highest BCUT2D eigenvalue weighted by Crippen LogP contribution is 2.08. The number of carboxylic acid groups (broad SMARTS) is 1. The third-order valence-corrected chi connectivity index (χ3v) is 2.40. The van der Waals surface area contributed by atoms with E-state index < -0.39 is 5.97 Å². The Morgan fingerprint density at radius 1 is 1.06 bits per heavy atom. The predicted molar refractivity (Wildman–Crippen MR) is 68.5 cm³/mol. The van der Waals surface area contributed by atoms with Crippen molar-refractivity contribution in [3.05, 3.63) is 24.3 Å². The molecule has 0 amide bonds. The minimum atomic E-state index is -0.910. The SMILES string of the molecule is N#CCCCCCCCCC=CC=CC(=O)O. The summed E-state index contributed by atoms with van der Waals surface area (Å²) < 4.78 is 0. The Balaban J connectivity index is 3.18. The van der Waals surface area contributed by atoms with Gasteiger partial charge in [-0.2, -0.15) is 5.26 Å². The number of unbranched alkanes of at least 4 members (excludes halogenated alkanes) is 7. The van der Waals surface area contributed by atoms with Gasteiger partial charge < -0.3 is 5.11 Å². The predicted octanol–water partition coefficient (Wildman–Crippen LogP) is 3.83. The molecule has 17 heavy (non-hydrogen) atoms. The molecule has 0 heterocycles. The first-order valence-electron chi connectivity index (χ1n) is 6.20. The van der Waals surface area contributed by atoms with Crippen molar-refractivity contribution in [2.45, 2.75) is 51.4 Å². The van der Waals surface area contributed by atoms with Crippen molar-refractivity contribution in [1.82, 2.24) is 0 Å². The Hall–Kier alpha value is -1.56. The average molecular weight is 235 g/mol. The number of nitriles is 1. The van der Waals surface area contributed by atoms with Crippen LogP contribution in [0.2, 0.25) is 0 Å². The summed E-state index contributed by atoms with van der Waals surface area (Å²) in [6, 6.07) is 2.15. The first kappa shape index (κ1) is 15.4. The zero-order valence-electron chi connectivity index (χ0n) is 10.3. The lowest BCUT2D eigenvalue weighted by molar-refractivity contribution is -0.131. The van der Waals surface area contributed by atoms with Gasteiger partial charge in [0.15, 0.2) is 0 Å². The van der Waals surface area contributed by atoms with Crippen LogP contribution in [0.5, 0.6) is 0 Å². The van der Waals surface area contributed by atoms with Crippen molar-refractivity contribution in [3.8, 4) is 6.07 Å². The fraction of sp³-hybridized carbons (Fsp3) is 0.571. The number of carbonyl (C=O) groups is 1. The highest BCUT2D eigenvalue weighted by atomic mass is 16.4. The molecule has 0 saturated heterocycles. The average Bonchev–Trinajstić information content (AvgIpc) is 2.30. The summed E-state index contributed by atoms with van der Waals surface area (Å²) in [4.78, 5) is 10.1. The van der Waals surface area contributed by atoms with E-state index in [1.54, 1.807) is 12.2 Å². The van der Waals surface area contributed by atoms with Gasteiger partial charge >= 0.3 is 5.97 Å². The van der Waals surface area contributed by atoms with Crippen LogP contribution in [0.4, 0.5) is 0 Å². The molecular formula is C14H21NO2. The zero-order chi connectivity index (χ0) is 12.8. The molecule has 0 bridgehead atoms. The van der Waals surface area contributed by atoms with Gasteiger partial charge in [0.25, 0.3) is 0 Å². The van der Waals surface area contributed by atoms with Gasteiger partial charge in [0.2, 0.25) is 0 Å². The topological polar surface area (TPSA) is 61.1 Å². The molecule has 0 atom stereocenters. The second-order valence-corrected chi connectivity index (χ2v) is 3.94. The van der Waals surface area contributed by atoms with E-state index in [0.717, 1.165) is 31.8 Å². The largest absolute Gasteiger partial charge is 0.478 e. The molecule has 0 aromatic carbocycles. The van der Waals surface area contributed by atoms with E-state index in [2.05, 4.69) is 6.07 Å². The monoisotopic (exact) mass is 235 g/mol. The van der Waals surface area contributed by atoms with Crippen molar-refractivity contribution in [1.29, 1.82) is 5.26 Å². The third kappa shape index (κ3) is 14.4. The Morgan fingerprint density at radius 3 is 2.35 bits per heavy atom. The standard InChI is InChI=1S/C14H21NO2/c15-13-11-9-7-5-3-1-2-4-6-8-10-12-14(16)17/h6,8,10,12H,1-5,7,9,11H2,(H,16,17). The van der Waals surface area contributed by atoms with Crippen molar-refractivity contribution >= 4 is 5.97 Å². The molecule has 0 aromatic heterocycles. The van der Waals surface area contributed by atoms with Gasteiger partial charge in [0.05, 0.1) is 6.07 Å². The Morgan fingerprint density at radius 2 is 1.71 bits per heavy atom. The van der Waals surface area contributed by atoms with Crippen molar-refractivity contribution in [3.63, 3.8) is 0 Å². The van der Waals surface area contributed by atoms with E-state index in [0.29, 0.717) is 6.42 Å². The van der Waals surface area contributed by atoms with Gasteiger partial charge in [0, 0.05) is 12.5 Å². The van der Waals surface area contributed by atoms with Crippen LogP contribution in [0, 0.1) is 11.3 Å². The molecule has 0 aromatic rings. The molecule has 94 valence electrons. The van der Waals surface area contributed by atoms with Crippen LogP contribution in [0.25, 0.3) is 0 Å². The van der Waals surface area contributed by atoms with Gasteiger partial charge in [-0.3, -0.25) is 0 Å². The molecule has 0 spiro atoms. The second kappa shape index (κ2) is 12.5. The number of nitrogens with zero attached hydrogens (tertiary/aromatic N) is 1. The molecule has 0 unspecified atom stereocenters. The summed E-state index contributed by atoms with van der Waals surface area (Å²) in [5.74, 6) is -0.910. The van der Waals surface area contributed by atoms with Crippen molar-refractivity contribution in [2.24, 2.45) is 0 Å². The van der Waals surface area contributed by atoms with Gasteiger partial charge in [-0.25, -0.2) is 4.79 Å². The number of allylic oxidation sites excluding steroid dienone is 3. The second-order valence-electron chi connectivity index (χ2n) is 3.94. The number of carboxylic acids is 1. The summed E-state index contributed by atoms with van der Waals surface area (Å²) in [5, 5.41) is 16.7.